The van der Waals surface area contributed by atoms with Gasteiger partial charge in [-0.15, -0.1) is 5.10 Å². The lowest BCUT2D eigenvalue weighted by atomic mass is 10.1. The molecule has 2 aromatic rings. The topological polar surface area (TPSA) is 91.1 Å². The number of nitrogens with zero attached hydrogens (tertiary/aromatic N) is 3. The standard InChI is InChI=1S/C16H17FN4O2/c1-10-11(2)20-21-16(15(10)7-18)19-8-13(22)9-23-14-5-3-12(17)4-6-14/h3-6,13,22H,8-9H2,1-2H3,(H,19,21). The molecule has 0 amide bonds. The summed E-state index contributed by atoms with van der Waals surface area (Å²) in [7, 11) is 0. The second kappa shape index (κ2) is 7.51. The van der Waals surface area contributed by atoms with Crippen LogP contribution in [0.1, 0.15) is 16.8 Å². The predicted molar refractivity (Wildman–Crippen MR) is 82.6 cm³/mol. The zero-order valence-electron chi connectivity index (χ0n) is 12.9. The molecule has 7 heteroatoms. The van der Waals surface area contributed by atoms with Gasteiger partial charge < -0.3 is 15.2 Å². The van der Waals surface area contributed by atoms with Crippen molar-refractivity contribution in [1.82, 2.24) is 10.2 Å². The Kier molecular flexibility index (Phi) is 5.44. The molecule has 0 saturated heterocycles. The highest BCUT2D eigenvalue weighted by Gasteiger charge is 2.12. The van der Waals surface area contributed by atoms with Crippen molar-refractivity contribution in [3.05, 3.63) is 46.9 Å². The molecule has 1 atom stereocenters. The van der Waals surface area contributed by atoms with E-state index in [2.05, 4.69) is 21.6 Å². The average molecular weight is 316 g/mol. The normalized spacial score (nSPS) is 11.6. The third-order valence-corrected chi connectivity index (χ3v) is 3.33. The summed E-state index contributed by atoms with van der Waals surface area (Å²) in [4.78, 5) is 0. The molecule has 0 aliphatic rings. The second-order valence-electron chi connectivity index (χ2n) is 5.05. The number of aryl methyl sites for hydroxylation is 1. The van der Waals surface area contributed by atoms with Gasteiger partial charge in [-0.1, -0.05) is 0 Å². The second-order valence-corrected chi connectivity index (χ2v) is 5.05. The molecule has 1 aromatic carbocycles. The van der Waals surface area contributed by atoms with Crippen LogP contribution in [-0.2, 0) is 0 Å². The van der Waals surface area contributed by atoms with Crippen LogP contribution in [0.15, 0.2) is 24.3 Å². The minimum Gasteiger partial charge on any atom is -0.491 e. The number of aliphatic hydroxyl groups is 1. The number of nitriles is 1. The summed E-state index contributed by atoms with van der Waals surface area (Å²) in [5.41, 5.74) is 1.85. The Balaban J connectivity index is 1.90. The summed E-state index contributed by atoms with van der Waals surface area (Å²) in [6.45, 7) is 3.74. The van der Waals surface area contributed by atoms with Crippen LogP contribution < -0.4 is 10.1 Å². The van der Waals surface area contributed by atoms with E-state index in [0.717, 1.165) is 5.56 Å². The van der Waals surface area contributed by atoms with Crippen LogP contribution in [0.25, 0.3) is 0 Å². The molecule has 1 heterocycles. The van der Waals surface area contributed by atoms with Crippen LogP contribution in [0.3, 0.4) is 0 Å². The molecule has 1 aromatic heterocycles. The molecule has 0 radical (unpaired) electrons. The van der Waals surface area contributed by atoms with Gasteiger partial charge in [0.05, 0.1) is 5.69 Å². The molecule has 1 unspecified atom stereocenters. The third kappa shape index (κ3) is 4.37. The first-order valence-corrected chi connectivity index (χ1v) is 7.05. The number of hydrogen-bond donors (Lipinski definition) is 2. The van der Waals surface area contributed by atoms with Crippen molar-refractivity contribution in [1.29, 1.82) is 5.26 Å². The molecule has 0 bridgehead atoms. The van der Waals surface area contributed by atoms with E-state index >= 15 is 0 Å². The van der Waals surface area contributed by atoms with Crippen molar-refractivity contribution in [2.24, 2.45) is 0 Å². The number of benzene rings is 1. The number of aromatic nitrogens is 2. The van der Waals surface area contributed by atoms with Crippen molar-refractivity contribution in [2.75, 3.05) is 18.5 Å². The third-order valence-electron chi connectivity index (χ3n) is 3.33. The minimum atomic E-state index is -0.824. The summed E-state index contributed by atoms with van der Waals surface area (Å²) < 4.78 is 18.1. The van der Waals surface area contributed by atoms with E-state index in [-0.39, 0.29) is 19.0 Å². The summed E-state index contributed by atoms with van der Waals surface area (Å²) >= 11 is 0. The molecule has 120 valence electrons. The van der Waals surface area contributed by atoms with Gasteiger partial charge in [0, 0.05) is 6.54 Å². The Morgan fingerprint density at radius 3 is 2.65 bits per heavy atom. The monoisotopic (exact) mass is 316 g/mol. The van der Waals surface area contributed by atoms with Crippen LogP contribution in [-0.4, -0.2) is 34.6 Å². The van der Waals surface area contributed by atoms with E-state index in [9.17, 15) is 14.8 Å². The van der Waals surface area contributed by atoms with Crippen LogP contribution in [0.2, 0.25) is 0 Å². The SMILES string of the molecule is Cc1nnc(NCC(O)COc2ccc(F)cc2)c(C#N)c1C. The van der Waals surface area contributed by atoms with Gasteiger partial charge in [0.25, 0.3) is 0 Å². The summed E-state index contributed by atoms with van der Waals surface area (Å²) in [5.74, 6) is 0.447. The zero-order chi connectivity index (χ0) is 16.8. The number of aliphatic hydroxyl groups excluding tert-OH is 1. The number of rotatable bonds is 6. The molecule has 0 aliphatic heterocycles. The van der Waals surface area contributed by atoms with Crippen LogP contribution in [0.5, 0.6) is 5.75 Å². The first-order valence-electron chi connectivity index (χ1n) is 7.05. The summed E-state index contributed by atoms with van der Waals surface area (Å²) in [5, 5.41) is 29.9. The molecule has 0 fully saturated rings. The largest absolute Gasteiger partial charge is 0.491 e. The fourth-order valence-electron chi connectivity index (χ4n) is 1.87. The van der Waals surface area contributed by atoms with Crippen molar-refractivity contribution >= 4 is 5.82 Å². The van der Waals surface area contributed by atoms with E-state index < -0.39 is 6.10 Å². The van der Waals surface area contributed by atoms with E-state index in [0.29, 0.717) is 22.8 Å². The number of hydrogen-bond acceptors (Lipinski definition) is 6. The van der Waals surface area contributed by atoms with Crippen molar-refractivity contribution in [2.45, 2.75) is 20.0 Å². The predicted octanol–water partition coefficient (Wildman–Crippen LogP) is 1.96. The average Bonchev–Trinajstić information content (AvgIpc) is 2.55. The lowest BCUT2D eigenvalue weighted by Gasteiger charge is -2.14. The van der Waals surface area contributed by atoms with Gasteiger partial charge in [-0.25, -0.2) is 4.39 Å². The summed E-state index contributed by atoms with van der Waals surface area (Å²) in [6, 6.07) is 7.61. The quantitative estimate of drug-likeness (QED) is 0.846. The molecular formula is C16H17FN4O2. The molecule has 2 rings (SSSR count). The molecule has 0 spiro atoms. The van der Waals surface area contributed by atoms with Crippen LogP contribution in [0, 0.1) is 31.0 Å². The zero-order valence-corrected chi connectivity index (χ0v) is 12.9. The van der Waals surface area contributed by atoms with Gasteiger partial charge >= 0.3 is 0 Å². The maximum atomic E-state index is 12.8. The van der Waals surface area contributed by atoms with Crippen LogP contribution in [0.4, 0.5) is 10.2 Å². The molecule has 6 nitrogen and oxygen atoms in total. The highest BCUT2D eigenvalue weighted by atomic mass is 19.1. The lowest BCUT2D eigenvalue weighted by Crippen LogP contribution is -2.27. The molecule has 0 aliphatic carbocycles. The van der Waals surface area contributed by atoms with Gasteiger partial charge in [-0.2, -0.15) is 10.4 Å². The first kappa shape index (κ1) is 16.6. The number of anilines is 1. The molecule has 0 saturated carbocycles. The Morgan fingerprint density at radius 2 is 2.00 bits per heavy atom. The Hall–Kier alpha value is -2.72. The Bertz CT molecular complexity index is 713. The van der Waals surface area contributed by atoms with E-state index in [1.165, 1.54) is 24.3 Å². The van der Waals surface area contributed by atoms with Gasteiger partial charge in [0.15, 0.2) is 5.82 Å². The highest BCUT2D eigenvalue weighted by molar-refractivity contribution is 5.55. The fourth-order valence-corrected chi connectivity index (χ4v) is 1.87. The summed E-state index contributed by atoms with van der Waals surface area (Å²) in [6.07, 6.45) is -0.824. The molecule has 23 heavy (non-hydrogen) atoms. The van der Waals surface area contributed by atoms with E-state index in [4.69, 9.17) is 4.74 Å². The lowest BCUT2D eigenvalue weighted by molar-refractivity contribution is 0.117. The van der Waals surface area contributed by atoms with E-state index in [1.54, 1.807) is 13.8 Å². The van der Waals surface area contributed by atoms with Gasteiger partial charge in [0.1, 0.15) is 35.9 Å². The first-order chi connectivity index (χ1) is 11.0. The fraction of sp³-hybridized carbons (Fsp3) is 0.312. The Labute approximate surface area is 133 Å². The molecule has 2 N–H and O–H groups in total. The van der Waals surface area contributed by atoms with Crippen LogP contribution >= 0.6 is 0 Å². The van der Waals surface area contributed by atoms with Gasteiger partial charge in [-0.05, 0) is 43.7 Å². The number of nitrogens with one attached hydrogen (secondary N) is 1. The van der Waals surface area contributed by atoms with Gasteiger partial charge in [0.2, 0.25) is 0 Å². The van der Waals surface area contributed by atoms with Crippen molar-refractivity contribution < 1.29 is 14.2 Å². The number of ether oxygens (including phenoxy) is 1. The highest BCUT2D eigenvalue weighted by Crippen LogP contribution is 2.17. The van der Waals surface area contributed by atoms with E-state index in [1.807, 2.05) is 0 Å². The maximum absolute atomic E-state index is 12.8. The van der Waals surface area contributed by atoms with Crippen molar-refractivity contribution in [3.63, 3.8) is 0 Å². The Morgan fingerprint density at radius 1 is 1.30 bits per heavy atom. The number of halogens is 1. The molecular weight excluding hydrogens is 299 g/mol. The van der Waals surface area contributed by atoms with Crippen molar-refractivity contribution in [3.8, 4) is 11.8 Å². The van der Waals surface area contributed by atoms with Gasteiger partial charge in [-0.3, -0.25) is 0 Å². The minimum absolute atomic E-state index is 0.0266. The maximum Gasteiger partial charge on any atom is 0.167 e. The smallest absolute Gasteiger partial charge is 0.167 e.